The first-order valence-electron chi connectivity index (χ1n) is 10.1. The first kappa shape index (κ1) is 20.2. The summed E-state index contributed by atoms with van der Waals surface area (Å²) in [6, 6.07) is 12.0. The van der Waals surface area contributed by atoms with Gasteiger partial charge in [0.15, 0.2) is 17.6 Å². The van der Waals surface area contributed by atoms with Crippen LogP contribution in [0.2, 0.25) is 0 Å². The first-order valence-corrected chi connectivity index (χ1v) is 10.1. The Kier molecular flexibility index (Phi) is 5.88. The van der Waals surface area contributed by atoms with Crippen molar-refractivity contribution in [2.45, 2.75) is 31.9 Å². The van der Waals surface area contributed by atoms with Crippen LogP contribution >= 0.6 is 0 Å². The molecule has 0 unspecified atom stereocenters. The quantitative estimate of drug-likeness (QED) is 0.662. The van der Waals surface area contributed by atoms with E-state index < -0.39 is 0 Å². The van der Waals surface area contributed by atoms with Crippen LogP contribution in [0.4, 0.5) is 4.39 Å². The van der Waals surface area contributed by atoms with Gasteiger partial charge >= 0.3 is 0 Å². The van der Waals surface area contributed by atoms with E-state index in [2.05, 4.69) is 5.16 Å². The summed E-state index contributed by atoms with van der Waals surface area (Å²) < 4.78 is 24.2. The number of ether oxygens (including phenoxy) is 2. The zero-order valence-electron chi connectivity index (χ0n) is 17.1. The van der Waals surface area contributed by atoms with Crippen LogP contribution in [0.5, 0.6) is 11.5 Å². The molecule has 4 rings (SSSR count). The van der Waals surface area contributed by atoms with Gasteiger partial charge in [0.05, 0.1) is 26.5 Å². The summed E-state index contributed by atoms with van der Waals surface area (Å²) in [5.74, 6) is 1.14. The fraction of sp³-hybridized carbons (Fsp3) is 0.391. The van der Waals surface area contributed by atoms with Gasteiger partial charge in [0.2, 0.25) is 5.91 Å². The Morgan fingerprint density at radius 2 is 1.97 bits per heavy atom. The monoisotopic (exact) mass is 412 g/mol. The molecule has 0 saturated heterocycles. The SMILES string of the molecule is COc1ccc(C2=NO[C@@H](CN(Cc3cccc(F)c3)C(=O)C3CC3)C2)cc1OC. The standard InChI is InChI=1S/C23H25FN2O4/c1-28-21-9-8-17(11-22(21)29-2)20-12-19(30-25-20)14-26(23(27)16-6-7-16)13-15-4-3-5-18(24)10-15/h3-5,8-11,16,19H,6-7,12-14H2,1-2H3/t19-/m1/s1. The number of methoxy groups -OCH3 is 2. The van der Waals surface area contributed by atoms with Crippen LogP contribution in [0.3, 0.4) is 0 Å². The van der Waals surface area contributed by atoms with Crippen molar-refractivity contribution in [3.8, 4) is 11.5 Å². The van der Waals surface area contributed by atoms with Crippen molar-refractivity contribution in [1.29, 1.82) is 0 Å². The number of carbonyl (C=O) groups excluding carboxylic acids is 1. The molecule has 0 N–H and O–H groups in total. The maximum atomic E-state index is 13.6. The fourth-order valence-corrected chi connectivity index (χ4v) is 3.63. The zero-order valence-corrected chi connectivity index (χ0v) is 17.1. The van der Waals surface area contributed by atoms with Crippen molar-refractivity contribution in [3.63, 3.8) is 0 Å². The smallest absolute Gasteiger partial charge is 0.226 e. The Morgan fingerprint density at radius 3 is 2.67 bits per heavy atom. The van der Waals surface area contributed by atoms with Crippen molar-refractivity contribution in [3.05, 3.63) is 59.4 Å². The second-order valence-electron chi connectivity index (χ2n) is 7.66. The molecule has 30 heavy (non-hydrogen) atoms. The summed E-state index contributed by atoms with van der Waals surface area (Å²) in [5.41, 5.74) is 2.45. The second kappa shape index (κ2) is 8.73. The Hall–Kier alpha value is -3.09. The van der Waals surface area contributed by atoms with Crippen molar-refractivity contribution < 1.29 is 23.5 Å². The minimum Gasteiger partial charge on any atom is -0.493 e. The molecule has 0 spiro atoms. The molecule has 1 atom stereocenters. The largest absolute Gasteiger partial charge is 0.493 e. The van der Waals surface area contributed by atoms with E-state index in [0.29, 0.717) is 31.0 Å². The Morgan fingerprint density at radius 1 is 1.17 bits per heavy atom. The Balaban J connectivity index is 1.44. The lowest BCUT2D eigenvalue weighted by atomic mass is 10.0. The molecule has 2 aromatic rings. The zero-order chi connectivity index (χ0) is 21.1. The highest BCUT2D eigenvalue weighted by atomic mass is 19.1. The van der Waals surface area contributed by atoms with Gasteiger partial charge in [0.1, 0.15) is 5.82 Å². The molecule has 6 nitrogen and oxygen atoms in total. The molecule has 1 amide bonds. The van der Waals surface area contributed by atoms with Gasteiger partial charge in [-0.25, -0.2) is 4.39 Å². The Labute approximate surface area is 175 Å². The number of oxime groups is 1. The number of benzene rings is 2. The minimum absolute atomic E-state index is 0.0752. The van der Waals surface area contributed by atoms with Crippen LogP contribution in [0.1, 0.15) is 30.4 Å². The second-order valence-corrected chi connectivity index (χ2v) is 7.66. The van der Waals surface area contributed by atoms with E-state index in [0.717, 1.165) is 29.7 Å². The van der Waals surface area contributed by atoms with Crippen LogP contribution in [0, 0.1) is 11.7 Å². The maximum absolute atomic E-state index is 13.6. The highest BCUT2D eigenvalue weighted by Crippen LogP contribution is 2.33. The van der Waals surface area contributed by atoms with E-state index in [4.69, 9.17) is 14.3 Å². The normalized spacial score (nSPS) is 17.8. The Bertz CT molecular complexity index is 958. The van der Waals surface area contributed by atoms with Crippen molar-refractivity contribution in [1.82, 2.24) is 4.90 Å². The molecule has 1 fully saturated rings. The van der Waals surface area contributed by atoms with Crippen LogP contribution < -0.4 is 9.47 Å². The number of hydrogen-bond acceptors (Lipinski definition) is 5. The average Bonchev–Trinajstić information content (AvgIpc) is 3.51. The molecule has 1 heterocycles. The van der Waals surface area contributed by atoms with Crippen molar-refractivity contribution in [2.75, 3.05) is 20.8 Å². The molecule has 2 aliphatic rings. The molecular weight excluding hydrogens is 387 g/mol. The number of amides is 1. The van der Waals surface area contributed by atoms with E-state index in [9.17, 15) is 9.18 Å². The lowest BCUT2D eigenvalue weighted by Crippen LogP contribution is -2.38. The highest BCUT2D eigenvalue weighted by molar-refractivity contribution is 6.01. The number of halogens is 1. The van der Waals surface area contributed by atoms with Gasteiger partial charge in [-0.2, -0.15) is 0 Å². The number of hydrogen-bond donors (Lipinski definition) is 0. The summed E-state index contributed by atoms with van der Waals surface area (Å²) in [6.45, 7) is 0.769. The summed E-state index contributed by atoms with van der Waals surface area (Å²) in [6.07, 6.45) is 2.16. The highest BCUT2D eigenvalue weighted by Gasteiger charge is 2.35. The van der Waals surface area contributed by atoms with Gasteiger partial charge in [-0.15, -0.1) is 0 Å². The number of rotatable bonds is 8. The third kappa shape index (κ3) is 4.56. The van der Waals surface area contributed by atoms with Crippen LogP contribution in [-0.4, -0.2) is 43.4 Å². The average molecular weight is 412 g/mol. The molecule has 0 aromatic heterocycles. The van der Waals surface area contributed by atoms with Gasteiger partial charge in [-0.1, -0.05) is 17.3 Å². The molecular formula is C23H25FN2O4. The molecule has 1 aliphatic heterocycles. The van der Waals surface area contributed by atoms with E-state index in [1.807, 2.05) is 24.3 Å². The summed E-state index contributed by atoms with van der Waals surface area (Å²) >= 11 is 0. The maximum Gasteiger partial charge on any atom is 0.226 e. The lowest BCUT2D eigenvalue weighted by molar-refractivity contribution is -0.135. The third-order valence-electron chi connectivity index (χ3n) is 5.37. The van der Waals surface area contributed by atoms with E-state index >= 15 is 0 Å². The van der Waals surface area contributed by atoms with Crippen LogP contribution in [0.25, 0.3) is 0 Å². The van der Waals surface area contributed by atoms with Gasteiger partial charge in [0, 0.05) is 24.4 Å². The third-order valence-corrected chi connectivity index (χ3v) is 5.37. The van der Waals surface area contributed by atoms with Crippen LogP contribution in [-0.2, 0) is 16.2 Å². The van der Waals surface area contributed by atoms with E-state index in [1.54, 1.807) is 25.2 Å². The molecule has 1 saturated carbocycles. The van der Waals surface area contributed by atoms with Crippen molar-refractivity contribution in [2.24, 2.45) is 11.1 Å². The topological polar surface area (TPSA) is 60.4 Å². The van der Waals surface area contributed by atoms with Crippen molar-refractivity contribution >= 4 is 11.6 Å². The van der Waals surface area contributed by atoms with E-state index in [-0.39, 0.29) is 23.7 Å². The predicted molar refractivity (Wildman–Crippen MR) is 110 cm³/mol. The minimum atomic E-state index is -0.303. The van der Waals surface area contributed by atoms with Crippen LogP contribution in [0.15, 0.2) is 47.6 Å². The molecule has 0 bridgehead atoms. The number of carbonyl (C=O) groups is 1. The molecule has 0 radical (unpaired) electrons. The number of nitrogens with zero attached hydrogens (tertiary/aromatic N) is 2. The van der Waals surface area contributed by atoms with Gasteiger partial charge in [-0.3, -0.25) is 4.79 Å². The van der Waals surface area contributed by atoms with Gasteiger partial charge in [-0.05, 0) is 48.7 Å². The summed E-state index contributed by atoms with van der Waals surface area (Å²) in [5, 5.41) is 4.23. The lowest BCUT2D eigenvalue weighted by Gasteiger charge is -2.25. The molecule has 158 valence electrons. The van der Waals surface area contributed by atoms with E-state index in [1.165, 1.54) is 12.1 Å². The summed E-state index contributed by atoms with van der Waals surface area (Å²) in [4.78, 5) is 20.2. The summed E-state index contributed by atoms with van der Waals surface area (Å²) in [7, 11) is 3.18. The molecule has 1 aliphatic carbocycles. The molecule has 7 heteroatoms. The first-order chi connectivity index (χ1) is 14.6. The fourth-order valence-electron chi connectivity index (χ4n) is 3.63. The van der Waals surface area contributed by atoms with Gasteiger partial charge in [0.25, 0.3) is 0 Å². The molecule has 2 aromatic carbocycles. The van der Waals surface area contributed by atoms with Gasteiger partial charge < -0.3 is 19.2 Å². The predicted octanol–water partition coefficient (Wildman–Crippen LogP) is 3.77.